The highest BCUT2D eigenvalue weighted by molar-refractivity contribution is 5.79. The molecule has 4 saturated carbocycles. The number of carbonyl (C=O) groups is 1. The molecule has 0 aromatic carbocycles. The summed E-state index contributed by atoms with van der Waals surface area (Å²) in [6, 6.07) is 0. The molecule has 1 aliphatic heterocycles. The van der Waals surface area contributed by atoms with E-state index in [4.69, 9.17) is 9.47 Å². The van der Waals surface area contributed by atoms with Gasteiger partial charge in [-0.15, -0.1) is 0 Å². The number of aliphatic hydroxyl groups is 7. The third kappa shape index (κ3) is 4.60. The summed E-state index contributed by atoms with van der Waals surface area (Å²) >= 11 is 0. The van der Waals surface area contributed by atoms with Crippen LogP contribution in [0.15, 0.2) is 11.6 Å². The summed E-state index contributed by atoms with van der Waals surface area (Å²) in [4.78, 5) is 14.4. The number of fused-ring (bicyclic) bond motifs is 7. The van der Waals surface area contributed by atoms with E-state index in [2.05, 4.69) is 40.7 Å². The molecule has 6 rings (SSSR count). The molecule has 5 aliphatic carbocycles. The Hall–Kier alpha value is -1.11. The molecule has 0 radical (unpaired) electrons. The molecule has 0 aromatic rings. The Kier molecular flexibility index (Phi) is 8.46. The largest absolute Gasteiger partial charge is 0.432 e. The van der Waals surface area contributed by atoms with Crippen molar-refractivity contribution in [3.05, 3.63) is 11.6 Å². The molecule has 7 N–H and O–H groups in total. The first kappa shape index (κ1) is 34.7. The predicted octanol–water partition coefficient (Wildman–Crippen LogP) is 2.44. The number of aliphatic hydroxyl groups excluding tert-OH is 7. The minimum atomic E-state index is -1.66. The number of carbonyl (C=O) groups excluding carboxylic acids is 1. The summed E-state index contributed by atoms with van der Waals surface area (Å²) in [5.74, 6) is -0.646. The molecule has 15 atom stereocenters. The van der Waals surface area contributed by atoms with Gasteiger partial charge in [-0.25, -0.2) is 0 Å². The van der Waals surface area contributed by atoms with Gasteiger partial charge in [-0.3, -0.25) is 4.79 Å². The fraction of sp³-hybridized carbons (Fsp3) is 0.917. The van der Waals surface area contributed by atoms with Crippen molar-refractivity contribution < 1.29 is 50.0 Å². The number of hydrogen-bond donors (Lipinski definition) is 7. The maximum absolute atomic E-state index is 14.4. The Morgan fingerprint density at radius 3 is 2.22 bits per heavy atom. The molecule has 262 valence electrons. The summed E-state index contributed by atoms with van der Waals surface area (Å²) in [5.41, 5.74) is -1.35. The summed E-state index contributed by atoms with van der Waals surface area (Å²) in [6.07, 6.45) is -0.360. The highest BCUT2D eigenvalue weighted by Crippen LogP contribution is 2.75. The van der Waals surface area contributed by atoms with Gasteiger partial charge in [0.2, 0.25) is 6.29 Å². The highest BCUT2D eigenvalue weighted by atomic mass is 16.7. The molecule has 0 aromatic heterocycles. The monoisotopic (exact) mass is 650 g/mol. The Bertz CT molecular complexity index is 1240. The molecular formula is C36H58O10. The molecule has 10 nitrogen and oxygen atoms in total. The molecular weight excluding hydrogens is 592 g/mol. The average Bonchev–Trinajstić information content (AvgIpc) is 2.99. The zero-order valence-electron chi connectivity index (χ0n) is 28.5. The molecule has 0 unspecified atom stereocenters. The molecule has 1 saturated heterocycles. The van der Waals surface area contributed by atoms with E-state index < -0.39 is 66.3 Å². The van der Waals surface area contributed by atoms with Crippen LogP contribution < -0.4 is 0 Å². The quantitative estimate of drug-likeness (QED) is 0.177. The summed E-state index contributed by atoms with van der Waals surface area (Å²) in [7, 11) is 0. The van der Waals surface area contributed by atoms with Gasteiger partial charge in [-0.2, -0.15) is 0 Å². The maximum Gasteiger partial charge on any atom is 0.315 e. The van der Waals surface area contributed by atoms with E-state index in [9.17, 15) is 40.5 Å². The number of esters is 1. The van der Waals surface area contributed by atoms with Crippen molar-refractivity contribution >= 4 is 5.97 Å². The number of ether oxygens (including phenoxy) is 2. The van der Waals surface area contributed by atoms with Gasteiger partial charge in [-0.1, -0.05) is 53.2 Å². The minimum absolute atomic E-state index is 0.0277. The van der Waals surface area contributed by atoms with Crippen LogP contribution in [-0.4, -0.2) is 97.8 Å². The van der Waals surface area contributed by atoms with E-state index in [1.165, 1.54) is 5.57 Å². The fourth-order valence-electron chi connectivity index (χ4n) is 12.2. The van der Waals surface area contributed by atoms with Crippen LogP contribution in [0.3, 0.4) is 0 Å². The second kappa shape index (κ2) is 11.2. The van der Waals surface area contributed by atoms with Crippen LogP contribution in [0.5, 0.6) is 0 Å². The van der Waals surface area contributed by atoms with E-state index in [0.29, 0.717) is 32.1 Å². The first-order valence-electron chi connectivity index (χ1n) is 17.5. The number of rotatable bonds is 4. The van der Waals surface area contributed by atoms with Crippen molar-refractivity contribution in [2.75, 3.05) is 13.2 Å². The van der Waals surface area contributed by atoms with Crippen LogP contribution in [0.1, 0.15) is 99.3 Å². The number of hydrogen-bond acceptors (Lipinski definition) is 10. The van der Waals surface area contributed by atoms with E-state index in [0.717, 1.165) is 25.7 Å². The third-order valence-corrected chi connectivity index (χ3v) is 15.1. The first-order chi connectivity index (χ1) is 21.3. The van der Waals surface area contributed by atoms with Crippen LogP contribution >= 0.6 is 0 Å². The van der Waals surface area contributed by atoms with Crippen LogP contribution in [0.4, 0.5) is 0 Å². The van der Waals surface area contributed by atoms with Gasteiger partial charge in [0.15, 0.2) is 0 Å². The van der Waals surface area contributed by atoms with E-state index in [1.54, 1.807) is 0 Å². The third-order valence-electron chi connectivity index (χ3n) is 15.1. The zero-order chi connectivity index (χ0) is 33.8. The van der Waals surface area contributed by atoms with Gasteiger partial charge in [0.25, 0.3) is 0 Å². The first-order valence-corrected chi connectivity index (χ1v) is 17.5. The van der Waals surface area contributed by atoms with Gasteiger partial charge < -0.3 is 45.2 Å². The van der Waals surface area contributed by atoms with E-state index >= 15 is 0 Å². The molecule has 46 heavy (non-hydrogen) atoms. The normalized spacial score (nSPS) is 54.8. The van der Waals surface area contributed by atoms with Gasteiger partial charge in [0.1, 0.15) is 24.4 Å². The molecule has 6 aliphatic rings. The van der Waals surface area contributed by atoms with Crippen LogP contribution in [0, 0.1) is 50.2 Å². The molecule has 0 amide bonds. The maximum atomic E-state index is 14.4. The SMILES string of the molecule is CC1(C)CC[C@]2(C(=O)O[C@@H]3O[C@H](CO)[C@@H](O)[C@H](O)[C@H]3O)CC[C@]3(C)C(=CC[C@@H]4[C@@]5(C)CC[C@H](O)[C@@](C)(CO)[C@@H]5[C@H](O)C[C@]43C)[C@@H]2C1. The van der Waals surface area contributed by atoms with Gasteiger partial charge in [0, 0.05) is 11.3 Å². The van der Waals surface area contributed by atoms with E-state index in [-0.39, 0.29) is 46.0 Å². The lowest BCUT2D eigenvalue weighted by molar-refractivity contribution is -0.297. The van der Waals surface area contributed by atoms with Crippen LogP contribution in [-0.2, 0) is 14.3 Å². The van der Waals surface area contributed by atoms with Crippen molar-refractivity contribution in [3.8, 4) is 0 Å². The average molecular weight is 651 g/mol. The van der Waals surface area contributed by atoms with Crippen molar-refractivity contribution in [1.82, 2.24) is 0 Å². The highest BCUT2D eigenvalue weighted by Gasteiger charge is 2.71. The van der Waals surface area contributed by atoms with Crippen LogP contribution in [0.2, 0.25) is 0 Å². The standard InChI is InChI=1S/C36H58O10/c1-31(2)11-13-36(30(44)46-29-27(43)26(42)25(41)22(17-37)45-29)14-12-34(5)19(20(36)15-31)7-8-23-32(3)10-9-24(40)33(4,18-38)28(32)21(39)16-35(23,34)6/h7,20-29,37-43H,8-18H2,1-6H3/t20-,21+,22+,23+,24-,25+,26-,27+,28+,29-,32+,33+,34+,35+,36-/m0/s1. The van der Waals surface area contributed by atoms with E-state index in [1.807, 2.05) is 6.92 Å². The van der Waals surface area contributed by atoms with Crippen LogP contribution in [0.25, 0.3) is 0 Å². The lowest BCUT2D eigenvalue weighted by Gasteiger charge is -2.72. The summed E-state index contributed by atoms with van der Waals surface area (Å²) in [5, 5.41) is 74.6. The molecule has 0 bridgehead atoms. The molecule has 1 heterocycles. The number of allylic oxidation sites excluding steroid dienone is 2. The Morgan fingerprint density at radius 2 is 1.57 bits per heavy atom. The second-order valence-corrected chi connectivity index (χ2v) is 17.9. The van der Waals surface area contributed by atoms with Gasteiger partial charge in [0.05, 0.1) is 30.8 Å². The molecule has 0 spiro atoms. The second-order valence-electron chi connectivity index (χ2n) is 17.9. The van der Waals surface area contributed by atoms with Gasteiger partial charge >= 0.3 is 5.97 Å². The zero-order valence-corrected chi connectivity index (χ0v) is 28.5. The predicted molar refractivity (Wildman–Crippen MR) is 168 cm³/mol. The topological polar surface area (TPSA) is 177 Å². The van der Waals surface area contributed by atoms with Gasteiger partial charge in [-0.05, 0) is 91.3 Å². The Labute approximate surface area is 273 Å². The minimum Gasteiger partial charge on any atom is -0.432 e. The fourth-order valence-corrected chi connectivity index (χ4v) is 12.2. The van der Waals surface area contributed by atoms with Crippen molar-refractivity contribution in [2.24, 2.45) is 50.2 Å². The summed E-state index contributed by atoms with van der Waals surface area (Å²) < 4.78 is 11.5. The Morgan fingerprint density at radius 1 is 0.891 bits per heavy atom. The lowest BCUT2D eigenvalue weighted by atomic mass is 9.33. The lowest BCUT2D eigenvalue weighted by Crippen LogP contribution is -2.69. The van der Waals surface area contributed by atoms with Crippen molar-refractivity contribution in [1.29, 1.82) is 0 Å². The summed E-state index contributed by atoms with van der Waals surface area (Å²) in [6.45, 7) is 12.5. The molecule has 5 fully saturated rings. The van der Waals surface area contributed by atoms with Crippen molar-refractivity contribution in [2.45, 2.75) is 142 Å². The Balaban J connectivity index is 1.37. The molecule has 10 heteroatoms. The smallest absolute Gasteiger partial charge is 0.315 e. The van der Waals surface area contributed by atoms with Crippen molar-refractivity contribution in [3.63, 3.8) is 0 Å².